The Morgan fingerprint density at radius 2 is 2.25 bits per heavy atom. The minimum absolute atomic E-state index is 0.138. The number of rotatable bonds is 6. The summed E-state index contributed by atoms with van der Waals surface area (Å²) in [5.74, 6) is 0.732. The van der Waals surface area contributed by atoms with Crippen molar-refractivity contribution in [3.05, 3.63) is 29.3 Å². The normalized spacial score (nSPS) is 26.4. The topological polar surface area (TPSA) is 41.5 Å². The van der Waals surface area contributed by atoms with Gasteiger partial charge in [0.25, 0.3) is 0 Å². The minimum Gasteiger partial charge on any atom is -0.488 e. The number of ether oxygens (including phenoxy) is 1. The average Bonchev–Trinajstić information content (AvgIpc) is 2.43. The lowest BCUT2D eigenvalue weighted by atomic mass is 9.89. The van der Waals surface area contributed by atoms with Gasteiger partial charge >= 0.3 is 0 Å². The number of benzene rings is 1. The zero-order valence-corrected chi connectivity index (χ0v) is 12.8. The molecule has 0 spiro atoms. The summed E-state index contributed by atoms with van der Waals surface area (Å²) in [6.45, 7) is 3.13. The molecule has 1 aromatic rings. The van der Waals surface area contributed by atoms with Gasteiger partial charge in [-0.15, -0.1) is 0 Å². The van der Waals surface area contributed by atoms with Crippen LogP contribution in [-0.2, 0) is 0 Å². The summed E-state index contributed by atoms with van der Waals surface area (Å²) in [7, 11) is 0. The molecule has 20 heavy (non-hydrogen) atoms. The Balaban J connectivity index is 1.90. The molecule has 0 saturated heterocycles. The fourth-order valence-electron chi connectivity index (χ4n) is 2.67. The highest BCUT2D eigenvalue weighted by molar-refractivity contribution is 6.30. The molecule has 0 amide bonds. The Kier molecular flexibility index (Phi) is 6.14. The zero-order chi connectivity index (χ0) is 14.4. The van der Waals surface area contributed by atoms with Crippen molar-refractivity contribution >= 4 is 11.6 Å². The van der Waals surface area contributed by atoms with E-state index in [0.29, 0.717) is 5.02 Å². The summed E-state index contributed by atoms with van der Waals surface area (Å²) < 4.78 is 5.91. The summed E-state index contributed by atoms with van der Waals surface area (Å²) in [5.41, 5.74) is 0. The second-order valence-electron chi connectivity index (χ2n) is 5.45. The summed E-state index contributed by atoms with van der Waals surface area (Å²) in [6, 6.07) is 7.50. The summed E-state index contributed by atoms with van der Waals surface area (Å²) >= 11 is 5.96. The maximum absolute atomic E-state index is 10.4. The van der Waals surface area contributed by atoms with E-state index in [1.807, 2.05) is 18.2 Å². The standard InChI is InChI=1S/C16H24ClNO2/c1-2-3-10-18-14-8-5-9-15(16(14)19)20-13-7-4-6-12(17)11-13/h4,6-7,11,14-16,18-19H,2-3,5,8-10H2,1H3. The summed E-state index contributed by atoms with van der Waals surface area (Å²) in [5, 5.41) is 14.5. The van der Waals surface area contributed by atoms with Gasteiger partial charge in [-0.3, -0.25) is 0 Å². The van der Waals surface area contributed by atoms with Crippen LogP contribution in [0.15, 0.2) is 24.3 Å². The van der Waals surface area contributed by atoms with E-state index in [0.717, 1.165) is 44.4 Å². The van der Waals surface area contributed by atoms with Crippen molar-refractivity contribution in [3.63, 3.8) is 0 Å². The van der Waals surface area contributed by atoms with Gasteiger partial charge in [0.1, 0.15) is 18.0 Å². The number of nitrogens with one attached hydrogen (secondary N) is 1. The predicted octanol–water partition coefficient (Wildman–Crippen LogP) is 3.39. The number of aliphatic hydroxyl groups is 1. The van der Waals surface area contributed by atoms with E-state index in [2.05, 4.69) is 12.2 Å². The van der Waals surface area contributed by atoms with E-state index in [1.54, 1.807) is 6.07 Å². The van der Waals surface area contributed by atoms with Crippen LogP contribution in [0.4, 0.5) is 0 Å². The van der Waals surface area contributed by atoms with Gasteiger partial charge in [0, 0.05) is 11.1 Å². The van der Waals surface area contributed by atoms with E-state index in [9.17, 15) is 5.11 Å². The summed E-state index contributed by atoms with van der Waals surface area (Å²) in [4.78, 5) is 0. The van der Waals surface area contributed by atoms with Crippen LogP contribution < -0.4 is 10.1 Å². The van der Waals surface area contributed by atoms with Gasteiger partial charge < -0.3 is 15.2 Å². The van der Waals surface area contributed by atoms with Crippen molar-refractivity contribution in [3.8, 4) is 5.75 Å². The van der Waals surface area contributed by atoms with Gasteiger partial charge in [0.2, 0.25) is 0 Å². The van der Waals surface area contributed by atoms with E-state index in [-0.39, 0.29) is 12.1 Å². The molecule has 0 aromatic heterocycles. The van der Waals surface area contributed by atoms with Crippen LogP contribution in [0.25, 0.3) is 0 Å². The Hall–Kier alpha value is -0.770. The SMILES string of the molecule is CCCCNC1CCCC(Oc2cccc(Cl)c2)C1O. The lowest BCUT2D eigenvalue weighted by molar-refractivity contribution is -0.0152. The molecule has 1 fully saturated rings. The van der Waals surface area contributed by atoms with Gasteiger partial charge in [-0.1, -0.05) is 31.0 Å². The molecule has 0 aliphatic heterocycles. The Labute approximate surface area is 126 Å². The highest BCUT2D eigenvalue weighted by Crippen LogP contribution is 2.26. The lowest BCUT2D eigenvalue weighted by Crippen LogP contribution is -2.51. The third-order valence-electron chi connectivity index (χ3n) is 3.82. The molecule has 2 N–H and O–H groups in total. The van der Waals surface area contributed by atoms with E-state index in [4.69, 9.17) is 16.3 Å². The third kappa shape index (κ3) is 4.37. The number of unbranched alkanes of at least 4 members (excludes halogenated alkanes) is 1. The monoisotopic (exact) mass is 297 g/mol. The second kappa shape index (κ2) is 7.87. The first-order valence-electron chi connectivity index (χ1n) is 7.54. The predicted molar refractivity (Wildman–Crippen MR) is 82.4 cm³/mol. The minimum atomic E-state index is -0.459. The van der Waals surface area contributed by atoms with Crippen molar-refractivity contribution < 1.29 is 9.84 Å². The third-order valence-corrected chi connectivity index (χ3v) is 4.05. The molecule has 3 nitrogen and oxygen atoms in total. The van der Waals surface area contributed by atoms with Crippen LogP contribution >= 0.6 is 11.6 Å². The Morgan fingerprint density at radius 1 is 1.40 bits per heavy atom. The highest BCUT2D eigenvalue weighted by atomic mass is 35.5. The molecular formula is C16H24ClNO2. The van der Waals surface area contributed by atoms with E-state index < -0.39 is 6.10 Å². The quantitative estimate of drug-likeness (QED) is 0.791. The zero-order valence-electron chi connectivity index (χ0n) is 12.0. The van der Waals surface area contributed by atoms with Crippen molar-refractivity contribution in [1.82, 2.24) is 5.32 Å². The fourth-order valence-corrected chi connectivity index (χ4v) is 2.85. The molecule has 1 aliphatic carbocycles. The van der Waals surface area contributed by atoms with Crippen LogP contribution in [0.2, 0.25) is 5.02 Å². The van der Waals surface area contributed by atoms with Crippen molar-refractivity contribution in [2.75, 3.05) is 6.54 Å². The van der Waals surface area contributed by atoms with Gasteiger partial charge in [0.15, 0.2) is 0 Å². The van der Waals surface area contributed by atoms with E-state index in [1.165, 1.54) is 0 Å². The molecule has 0 radical (unpaired) electrons. The maximum atomic E-state index is 10.4. The van der Waals surface area contributed by atoms with Gasteiger partial charge in [-0.05, 0) is 50.4 Å². The first kappa shape index (κ1) is 15.6. The number of halogens is 1. The highest BCUT2D eigenvalue weighted by Gasteiger charge is 2.32. The van der Waals surface area contributed by atoms with Crippen LogP contribution in [0.5, 0.6) is 5.75 Å². The Morgan fingerprint density at radius 3 is 3.00 bits per heavy atom. The molecule has 112 valence electrons. The first-order valence-corrected chi connectivity index (χ1v) is 7.92. The van der Waals surface area contributed by atoms with Crippen molar-refractivity contribution in [2.24, 2.45) is 0 Å². The maximum Gasteiger partial charge on any atom is 0.126 e. The van der Waals surface area contributed by atoms with Crippen LogP contribution in [0, 0.1) is 0 Å². The van der Waals surface area contributed by atoms with Crippen LogP contribution in [-0.4, -0.2) is 29.9 Å². The van der Waals surface area contributed by atoms with Crippen molar-refractivity contribution in [1.29, 1.82) is 0 Å². The molecule has 1 aliphatic rings. The first-order chi connectivity index (χ1) is 9.70. The molecule has 1 aromatic carbocycles. The lowest BCUT2D eigenvalue weighted by Gasteiger charge is -2.35. The van der Waals surface area contributed by atoms with Crippen LogP contribution in [0.3, 0.4) is 0 Å². The smallest absolute Gasteiger partial charge is 0.126 e. The molecule has 3 atom stereocenters. The molecular weight excluding hydrogens is 274 g/mol. The van der Waals surface area contributed by atoms with Gasteiger partial charge in [-0.25, -0.2) is 0 Å². The number of hydrogen-bond acceptors (Lipinski definition) is 3. The van der Waals surface area contributed by atoms with E-state index >= 15 is 0 Å². The second-order valence-corrected chi connectivity index (χ2v) is 5.89. The van der Waals surface area contributed by atoms with Gasteiger partial charge in [-0.2, -0.15) is 0 Å². The summed E-state index contributed by atoms with van der Waals surface area (Å²) in [6.07, 6.45) is 4.67. The largest absolute Gasteiger partial charge is 0.488 e. The molecule has 0 heterocycles. The number of aliphatic hydroxyl groups excluding tert-OH is 1. The van der Waals surface area contributed by atoms with Gasteiger partial charge in [0.05, 0.1) is 0 Å². The Bertz CT molecular complexity index is 413. The fraction of sp³-hybridized carbons (Fsp3) is 0.625. The molecule has 2 rings (SSSR count). The molecule has 4 heteroatoms. The number of hydrogen-bond donors (Lipinski definition) is 2. The average molecular weight is 298 g/mol. The van der Waals surface area contributed by atoms with Crippen LogP contribution in [0.1, 0.15) is 39.0 Å². The molecule has 0 bridgehead atoms. The molecule has 3 unspecified atom stereocenters. The van der Waals surface area contributed by atoms with Crippen molar-refractivity contribution in [2.45, 2.75) is 57.3 Å². The molecule has 1 saturated carbocycles.